The molecule has 1 atom stereocenters. The third-order valence-corrected chi connectivity index (χ3v) is 4.92. The lowest BCUT2D eigenvalue weighted by Gasteiger charge is -2.26. The third-order valence-electron chi connectivity index (χ3n) is 3.79. The fourth-order valence-corrected chi connectivity index (χ4v) is 3.95. The van der Waals surface area contributed by atoms with Crippen molar-refractivity contribution in [1.29, 1.82) is 0 Å². The van der Waals surface area contributed by atoms with Crippen LogP contribution in [0.4, 0.5) is 5.69 Å². The van der Waals surface area contributed by atoms with Gasteiger partial charge in [-0.15, -0.1) is 11.8 Å². The van der Waals surface area contributed by atoms with Gasteiger partial charge in [-0.1, -0.05) is 18.2 Å². The standard InChI is InChI=1S/C17H16N2OS/c1-11-18-15-10-12(6-7-16(15)20-11)19-14-8-9-21-17-5-3-2-4-13(14)17/h2-7,10,14,19H,8-9H2,1H3. The van der Waals surface area contributed by atoms with E-state index in [4.69, 9.17) is 4.42 Å². The summed E-state index contributed by atoms with van der Waals surface area (Å²) in [7, 11) is 0. The van der Waals surface area contributed by atoms with Crippen molar-refractivity contribution in [3.05, 3.63) is 53.9 Å². The van der Waals surface area contributed by atoms with Gasteiger partial charge < -0.3 is 9.73 Å². The van der Waals surface area contributed by atoms with E-state index in [1.54, 1.807) is 0 Å². The Labute approximate surface area is 127 Å². The average Bonchev–Trinajstić information content (AvgIpc) is 2.87. The molecule has 1 aliphatic heterocycles. The lowest BCUT2D eigenvalue weighted by Crippen LogP contribution is -2.15. The Kier molecular flexibility index (Phi) is 3.11. The zero-order chi connectivity index (χ0) is 14.2. The van der Waals surface area contributed by atoms with Gasteiger partial charge in [0.25, 0.3) is 0 Å². The summed E-state index contributed by atoms with van der Waals surface area (Å²) in [6.07, 6.45) is 1.14. The van der Waals surface area contributed by atoms with E-state index in [-0.39, 0.29) is 0 Å². The maximum Gasteiger partial charge on any atom is 0.192 e. The van der Waals surface area contributed by atoms with Crippen LogP contribution in [0.1, 0.15) is 23.9 Å². The van der Waals surface area contributed by atoms with Crippen molar-refractivity contribution < 1.29 is 4.42 Å². The molecule has 1 aromatic heterocycles. The second-order valence-electron chi connectivity index (χ2n) is 5.29. The first kappa shape index (κ1) is 12.8. The Morgan fingerprint density at radius 1 is 1.24 bits per heavy atom. The average molecular weight is 296 g/mol. The Morgan fingerprint density at radius 2 is 2.14 bits per heavy atom. The summed E-state index contributed by atoms with van der Waals surface area (Å²) in [5.74, 6) is 1.86. The molecule has 106 valence electrons. The quantitative estimate of drug-likeness (QED) is 0.738. The van der Waals surface area contributed by atoms with E-state index in [0.717, 1.165) is 29.0 Å². The van der Waals surface area contributed by atoms with Gasteiger partial charge >= 0.3 is 0 Å². The molecule has 4 heteroatoms. The predicted octanol–water partition coefficient (Wildman–Crippen LogP) is 4.79. The van der Waals surface area contributed by atoms with Gasteiger partial charge in [-0.3, -0.25) is 0 Å². The molecule has 0 saturated heterocycles. The fourth-order valence-electron chi connectivity index (χ4n) is 2.83. The molecule has 0 spiro atoms. The van der Waals surface area contributed by atoms with Crippen molar-refractivity contribution in [2.75, 3.05) is 11.1 Å². The number of anilines is 1. The first-order valence-corrected chi connectivity index (χ1v) is 8.13. The molecular weight excluding hydrogens is 280 g/mol. The van der Waals surface area contributed by atoms with E-state index >= 15 is 0 Å². The number of benzene rings is 2. The molecule has 0 fully saturated rings. The van der Waals surface area contributed by atoms with Crippen LogP contribution in [0.5, 0.6) is 0 Å². The van der Waals surface area contributed by atoms with Crippen molar-refractivity contribution in [2.45, 2.75) is 24.3 Å². The molecule has 3 aromatic rings. The zero-order valence-corrected chi connectivity index (χ0v) is 12.6. The summed E-state index contributed by atoms with van der Waals surface area (Å²) in [6, 6.07) is 15.1. The van der Waals surface area contributed by atoms with Gasteiger partial charge in [0, 0.05) is 23.3 Å². The second-order valence-corrected chi connectivity index (χ2v) is 6.42. The highest BCUT2D eigenvalue weighted by atomic mass is 32.2. The van der Waals surface area contributed by atoms with Gasteiger partial charge in [0.1, 0.15) is 5.52 Å². The number of fused-ring (bicyclic) bond motifs is 2. The first-order chi connectivity index (χ1) is 10.3. The SMILES string of the molecule is Cc1nc2cc(NC3CCSc4ccccc43)ccc2o1. The summed E-state index contributed by atoms with van der Waals surface area (Å²) in [5.41, 5.74) is 4.25. The predicted molar refractivity (Wildman–Crippen MR) is 86.9 cm³/mol. The van der Waals surface area contributed by atoms with Gasteiger partial charge in [-0.2, -0.15) is 0 Å². The molecule has 0 aliphatic carbocycles. The maximum atomic E-state index is 5.53. The topological polar surface area (TPSA) is 38.1 Å². The number of nitrogens with one attached hydrogen (secondary N) is 1. The molecule has 0 saturated carbocycles. The largest absolute Gasteiger partial charge is 0.441 e. The number of aryl methyl sites for hydroxylation is 1. The summed E-state index contributed by atoms with van der Waals surface area (Å²) < 4.78 is 5.53. The summed E-state index contributed by atoms with van der Waals surface area (Å²) in [6.45, 7) is 1.88. The molecule has 4 rings (SSSR count). The molecule has 1 N–H and O–H groups in total. The number of thioether (sulfide) groups is 1. The van der Waals surface area contributed by atoms with Gasteiger partial charge in [0.2, 0.25) is 0 Å². The zero-order valence-electron chi connectivity index (χ0n) is 11.8. The summed E-state index contributed by atoms with van der Waals surface area (Å²) in [5, 5.41) is 3.64. The highest BCUT2D eigenvalue weighted by Crippen LogP contribution is 2.37. The lowest BCUT2D eigenvalue weighted by atomic mass is 10.0. The molecule has 0 amide bonds. The number of nitrogens with zero attached hydrogens (tertiary/aromatic N) is 1. The van der Waals surface area contributed by atoms with E-state index in [1.807, 2.05) is 24.8 Å². The van der Waals surface area contributed by atoms with Crippen LogP contribution in [0.25, 0.3) is 11.1 Å². The summed E-state index contributed by atoms with van der Waals surface area (Å²) >= 11 is 1.94. The Morgan fingerprint density at radius 3 is 3.10 bits per heavy atom. The van der Waals surface area contributed by atoms with Crippen LogP contribution >= 0.6 is 11.8 Å². The minimum Gasteiger partial charge on any atom is -0.441 e. The molecule has 1 unspecified atom stereocenters. The van der Waals surface area contributed by atoms with Crippen molar-refractivity contribution in [3.63, 3.8) is 0 Å². The van der Waals surface area contributed by atoms with Crippen LogP contribution in [0.2, 0.25) is 0 Å². The normalized spacial score (nSPS) is 17.7. The van der Waals surface area contributed by atoms with Crippen LogP contribution < -0.4 is 5.32 Å². The molecule has 3 nitrogen and oxygen atoms in total. The Balaban J connectivity index is 1.65. The lowest BCUT2D eigenvalue weighted by molar-refractivity contribution is 0.561. The molecule has 1 aliphatic rings. The van der Waals surface area contributed by atoms with Crippen molar-refractivity contribution >= 4 is 28.5 Å². The van der Waals surface area contributed by atoms with Crippen LogP contribution in [0.15, 0.2) is 51.8 Å². The van der Waals surface area contributed by atoms with E-state index < -0.39 is 0 Å². The minimum atomic E-state index is 0.368. The number of aromatic nitrogens is 1. The fraction of sp³-hybridized carbons (Fsp3) is 0.235. The molecule has 2 heterocycles. The van der Waals surface area contributed by atoms with E-state index in [2.05, 4.69) is 46.7 Å². The van der Waals surface area contributed by atoms with Crippen molar-refractivity contribution in [1.82, 2.24) is 4.98 Å². The first-order valence-electron chi connectivity index (χ1n) is 7.15. The van der Waals surface area contributed by atoms with E-state index in [0.29, 0.717) is 11.9 Å². The maximum absolute atomic E-state index is 5.53. The molecule has 0 radical (unpaired) electrons. The highest BCUT2D eigenvalue weighted by molar-refractivity contribution is 7.99. The smallest absolute Gasteiger partial charge is 0.192 e. The monoisotopic (exact) mass is 296 g/mol. The van der Waals surface area contributed by atoms with Gasteiger partial charge in [-0.25, -0.2) is 4.98 Å². The number of hydrogen-bond donors (Lipinski definition) is 1. The van der Waals surface area contributed by atoms with Gasteiger partial charge in [0.05, 0.1) is 6.04 Å². The number of rotatable bonds is 2. The minimum absolute atomic E-state index is 0.368. The van der Waals surface area contributed by atoms with Gasteiger partial charge in [-0.05, 0) is 36.2 Å². The van der Waals surface area contributed by atoms with Gasteiger partial charge in [0.15, 0.2) is 11.5 Å². The number of oxazole rings is 1. The highest BCUT2D eigenvalue weighted by Gasteiger charge is 2.20. The Hall–Kier alpha value is -1.94. The van der Waals surface area contributed by atoms with Crippen molar-refractivity contribution in [3.8, 4) is 0 Å². The summed E-state index contributed by atoms with van der Waals surface area (Å²) in [4.78, 5) is 5.79. The third kappa shape index (κ3) is 2.40. The van der Waals surface area contributed by atoms with Crippen LogP contribution in [0, 0.1) is 6.92 Å². The molecular formula is C17H16N2OS. The van der Waals surface area contributed by atoms with Crippen LogP contribution in [0.3, 0.4) is 0 Å². The number of hydrogen-bond acceptors (Lipinski definition) is 4. The van der Waals surface area contributed by atoms with E-state index in [9.17, 15) is 0 Å². The van der Waals surface area contributed by atoms with Crippen LogP contribution in [-0.2, 0) is 0 Å². The van der Waals surface area contributed by atoms with Crippen LogP contribution in [-0.4, -0.2) is 10.7 Å². The van der Waals surface area contributed by atoms with Crippen molar-refractivity contribution in [2.24, 2.45) is 0 Å². The molecule has 2 aromatic carbocycles. The Bertz CT molecular complexity index is 796. The second kappa shape index (κ2) is 5.11. The molecule has 21 heavy (non-hydrogen) atoms. The van der Waals surface area contributed by atoms with E-state index in [1.165, 1.54) is 10.5 Å². The molecule has 0 bridgehead atoms.